The number of amides is 4. The Balaban J connectivity index is 0.000000188. The number of ether oxygens (including phenoxy) is 3. The molecule has 4 aromatic rings. The summed E-state index contributed by atoms with van der Waals surface area (Å²) in [6, 6.07) is 11.9. The van der Waals surface area contributed by atoms with Crippen LogP contribution >= 0.6 is 0 Å². The molecule has 62 heavy (non-hydrogen) atoms. The van der Waals surface area contributed by atoms with Gasteiger partial charge in [0.05, 0.1) is 19.7 Å². The van der Waals surface area contributed by atoms with Crippen molar-refractivity contribution in [1.82, 2.24) is 29.2 Å². The van der Waals surface area contributed by atoms with Crippen molar-refractivity contribution in [3.8, 4) is 0 Å². The van der Waals surface area contributed by atoms with Crippen molar-refractivity contribution < 1.29 is 33.4 Å². The highest BCUT2D eigenvalue weighted by atomic mass is 16.6. The van der Waals surface area contributed by atoms with Gasteiger partial charge in [-0.15, -0.1) is 0 Å². The molecule has 0 spiro atoms. The van der Waals surface area contributed by atoms with Gasteiger partial charge in [0.25, 0.3) is 11.8 Å². The van der Waals surface area contributed by atoms with Gasteiger partial charge in [-0.05, 0) is 115 Å². The molecule has 336 valence electrons. The number of nitrogens with zero attached hydrogens (tertiary/aromatic N) is 5. The molecule has 13 heteroatoms. The molecule has 4 amide bonds. The zero-order valence-electron chi connectivity index (χ0n) is 38.5. The van der Waals surface area contributed by atoms with Crippen molar-refractivity contribution in [2.75, 3.05) is 53.0 Å². The van der Waals surface area contributed by atoms with Crippen molar-refractivity contribution in [2.24, 2.45) is 11.8 Å². The summed E-state index contributed by atoms with van der Waals surface area (Å²) in [6.45, 7) is 22.7. The molecule has 0 radical (unpaired) electrons. The molecule has 2 saturated heterocycles. The number of aromatic amines is 1. The highest BCUT2D eigenvalue weighted by Crippen LogP contribution is 2.34. The van der Waals surface area contributed by atoms with Crippen LogP contribution in [0.4, 0.5) is 9.59 Å². The summed E-state index contributed by atoms with van der Waals surface area (Å²) in [5.74, 6) is 1.57. The third-order valence-electron chi connectivity index (χ3n) is 12.7. The summed E-state index contributed by atoms with van der Waals surface area (Å²) in [6.07, 6.45) is 5.18. The van der Waals surface area contributed by atoms with Crippen LogP contribution in [-0.2, 0) is 46.7 Å². The number of rotatable bonds is 5. The van der Waals surface area contributed by atoms with E-state index >= 15 is 0 Å². The highest BCUT2D eigenvalue weighted by molar-refractivity contribution is 6.00. The number of fused-ring (bicyclic) bond motifs is 6. The molecular formula is C49H68N6O7. The van der Waals surface area contributed by atoms with E-state index in [9.17, 15) is 19.2 Å². The number of aromatic nitrogens is 2. The van der Waals surface area contributed by atoms with Crippen LogP contribution in [0.1, 0.15) is 124 Å². The quantitative estimate of drug-likeness (QED) is 0.213. The molecule has 2 aromatic heterocycles. The second-order valence-corrected chi connectivity index (χ2v) is 19.9. The number of benzene rings is 2. The zero-order chi connectivity index (χ0) is 44.5. The first-order valence-electron chi connectivity index (χ1n) is 22.7. The Bertz CT molecular complexity index is 2280. The number of likely N-dealkylation sites (tertiary alicyclic amines) is 2. The van der Waals surface area contributed by atoms with Crippen LogP contribution < -0.4 is 0 Å². The summed E-state index contributed by atoms with van der Waals surface area (Å²) in [5, 5.41) is 2.08. The molecular weight excluding hydrogens is 785 g/mol. The largest absolute Gasteiger partial charge is 0.444 e. The molecule has 4 aliphatic heterocycles. The topological polar surface area (TPSA) is 130 Å². The molecule has 8 rings (SSSR count). The maximum absolute atomic E-state index is 13.2. The molecule has 2 fully saturated rings. The first kappa shape index (κ1) is 45.0. The fourth-order valence-electron chi connectivity index (χ4n) is 9.12. The van der Waals surface area contributed by atoms with Gasteiger partial charge in [-0.2, -0.15) is 0 Å². The van der Waals surface area contributed by atoms with E-state index in [0.29, 0.717) is 44.6 Å². The fraction of sp³-hybridized carbons (Fsp3) is 0.592. The number of piperidine rings is 2. The Morgan fingerprint density at radius 2 is 1.15 bits per heavy atom. The maximum atomic E-state index is 13.2. The van der Waals surface area contributed by atoms with E-state index in [2.05, 4.69) is 29.5 Å². The van der Waals surface area contributed by atoms with Crippen LogP contribution in [0.5, 0.6) is 0 Å². The molecule has 0 saturated carbocycles. The highest BCUT2D eigenvalue weighted by Gasteiger charge is 2.32. The van der Waals surface area contributed by atoms with Crippen molar-refractivity contribution in [1.29, 1.82) is 0 Å². The van der Waals surface area contributed by atoms with Gasteiger partial charge in [-0.25, -0.2) is 9.59 Å². The molecule has 2 aromatic carbocycles. The minimum Gasteiger partial charge on any atom is -0.444 e. The van der Waals surface area contributed by atoms with Crippen molar-refractivity contribution in [3.63, 3.8) is 0 Å². The van der Waals surface area contributed by atoms with Crippen LogP contribution in [0.2, 0.25) is 0 Å². The molecule has 4 aliphatic rings. The Kier molecular flexibility index (Phi) is 13.3. The fourth-order valence-corrected chi connectivity index (χ4v) is 9.12. The van der Waals surface area contributed by atoms with Gasteiger partial charge in [0, 0.05) is 121 Å². The smallest absolute Gasteiger partial charge is 0.410 e. The lowest BCUT2D eigenvalue weighted by atomic mass is 9.98. The Morgan fingerprint density at radius 1 is 0.645 bits per heavy atom. The number of H-pyrrole nitrogens is 1. The lowest BCUT2D eigenvalue weighted by Gasteiger charge is -2.31. The Hall–Kier alpha value is -5.04. The van der Waals surface area contributed by atoms with E-state index in [1.807, 2.05) is 81.7 Å². The van der Waals surface area contributed by atoms with E-state index in [0.717, 1.165) is 121 Å². The van der Waals surface area contributed by atoms with Crippen molar-refractivity contribution in [2.45, 2.75) is 125 Å². The Morgan fingerprint density at radius 3 is 1.68 bits per heavy atom. The molecule has 13 nitrogen and oxygen atoms in total. The molecule has 6 heterocycles. The summed E-state index contributed by atoms with van der Waals surface area (Å²) in [4.78, 5) is 62.5. The van der Waals surface area contributed by atoms with E-state index < -0.39 is 11.2 Å². The third-order valence-corrected chi connectivity index (χ3v) is 12.7. The molecule has 0 unspecified atom stereocenters. The number of carbonyl (C=O) groups excluding carboxylic acids is 4. The number of nitrogens with one attached hydrogen (secondary N) is 1. The predicted octanol–water partition coefficient (Wildman–Crippen LogP) is 8.79. The summed E-state index contributed by atoms with van der Waals surface area (Å²) in [7, 11) is 1.71. The Labute approximate surface area is 367 Å². The number of carbonyl (C=O) groups is 4. The van der Waals surface area contributed by atoms with Crippen molar-refractivity contribution in [3.05, 3.63) is 70.0 Å². The average Bonchev–Trinajstić information content (AvgIpc) is 3.75. The van der Waals surface area contributed by atoms with Crippen LogP contribution in [0.15, 0.2) is 36.4 Å². The number of hydrogen-bond acceptors (Lipinski definition) is 7. The van der Waals surface area contributed by atoms with E-state index in [1.165, 1.54) is 5.69 Å². The molecule has 1 N–H and O–H groups in total. The van der Waals surface area contributed by atoms with Crippen LogP contribution in [0.3, 0.4) is 0 Å². The SMILES string of the molecule is CC1CCN(C(=O)c2ccc3[nH]c4c(c3c2)CN(C(=O)OC(C)(C)C)CC4)CC1.COCCn1c2c(c3cc(C(=O)N4CCC(C)CC4)ccc31)CN(C(=O)OC(C)(C)C)CC2. The minimum atomic E-state index is -0.532. The van der Waals surface area contributed by atoms with E-state index in [-0.39, 0.29) is 24.0 Å². The number of methoxy groups -OCH3 is 1. The second kappa shape index (κ2) is 18.4. The standard InChI is InChI=1S/C26H37N3O4.C23H31N3O3/c1-18-8-11-27(12-9-18)24(30)19-6-7-22-20(16-19)21-17-28(25(31)33-26(2,3)4)13-10-23(21)29(22)14-15-32-5;1-15-7-10-25(11-8-15)21(27)16-5-6-19-17(13-16)18-14-26(12-9-20(18)24-19)22(28)29-23(2,3)4/h6-7,16,18H,8-15,17H2,1-5H3;5-6,13,15,24H,7-12,14H2,1-4H3. The maximum Gasteiger partial charge on any atom is 0.410 e. The van der Waals surface area contributed by atoms with Gasteiger partial charge < -0.3 is 43.4 Å². The normalized spacial score (nSPS) is 17.7. The van der Waals surface area contributed by atoms with Gasteiger partial charge in [0.15, 0.2) is 0 Å². The van der Waals surface area contributed by atoms with Crippen LogP contribution in [0, 0.1) is 11.8 Å². The molecule has 0 atom stereocenters. The summed E-state index contributed by atoms with van der Waals surface area (Å²) >= 11 is 0. The monoisotopic (exact) mass is 853 g/mol. The van der Waals surface area contributed by atoms with Gasteiger partial charge in [0.2, 0.25) is 0 Å². The average molecular weight is 853 g/mol. The van der Waals surface area contributed by atoms with Crippen LogP contribution in [-0.4, -0.2) is 117 Å². The first-order chi connectivity index (χ1) is 29.4. The van der Waals surface area contributed by atoms with E-state index in [1.54, 1.807) is 16.9 Å². The summed E-state index contributed by atoms with van der Waals surface area (Å²) < 4.78 is 18.8. The lowest BCUT2D eigenvalue weighted by molar-refractivity contribution is 0.0213. The minimum absolute atomic E-state index is 0.0991. The first-order valence-corrected chi connectivity index (χ1v) is 22.7. The summed E-state index contributed by atoms with van der Waals surface area (Å²) in [5.41, 5.74) is 7.09. The zero-order valence-corrected chi connectivity index (χ0v) is 38.5. The van der Waals surface area contributed by atoms with Crippen molar-refractivity contribution >= 4 is 45.8 Å². The van der Waals surface area contributed by atoms with Gasteiger partial charge in [-0.3, -0.25) is 9.59 Å². The molecule has 0 bridgehead atoms. The van der Waals surface area contributed by atoms with Gasteiger partial charge >= 0.3 is 12.2 Å². The third kappa shape index (κ3) is 10.2. The lowest BCUT2D eigenvalue weighted by Crippen LogP contribution is -2.40. The number of hydrogen-bond donors (Lipinski definition) is 1. The van der Waals surface area contributed by atoms with Gasteiger partial charge in [0.1, 0.15) is 11.2 Å². The predicted molar refractivity (Wildman–Crippen MR) is 241 cm³/mol. The molecule has 0 aliphatic carbocycles. The van der Waals surface area contributed by atoms with E-state index in [4.69, 9.17) is 14.2 Å². The van der Waals surface area contributed by atoms with Gasteiger partial charge in [-0.1, -0.05) is 13.8 Å². The van der Waals surface area contributed by atoms with Crippen LogP contribution in [0.25, 0.3) is 21.8 Å². The second-order valence-electron chi connectivity index (χ2n) is 19.9.